The van der Waals surface area contributed by atoms with Crippen LogP contribution in [0.5, 0.6) is 0 Å². The molecule has 0 aromatic heterocycles. The monoisotopic (exact) mass is 296 g/mol. The molecule has 2 aromatic rings. The van der Waals surface area contributed by atoms with Crippen molar-refractivity contribution in [2.75, 3.05) is 25.2 Å². The number of fused-ring (bicyclic) bond motifs is 1. The summed E-state index contributed by atoms with van der Waals surface area (Å²) in [6.07, 6.45) is 0. The maximum atomic E-state index is 12.0. The zero-order valence-corrected chi connectivity index (χ0v) is 12.7. The van der Waals surface area contributed by atoms with E-state index in [1.807, 2.05) is 24.3 Å². The van der Waals surface area contributed by atoms with Crippen molar-refractivity contribution in [3.8, 4) is 0 Å². The van der Waals surface area contributed by atoms with E-state index in [-0.39, 0.29) is 5.91 Å². The Hall–Kier alpha value is -2.33. The molecule has 0 aliphatic carbocycles. The SMILES string of the molecule is COCCNC(=O)c1ccc(N2Cc3ccccc3C2)cc1. The van der Waals surface area contributed by atoms with Crippen LogP contribution in [0.4, 0.5) is 5.69 Å². The zero-order valence-electron chi connectivity index (χ0n) is 12.7. The van der Waals surface area contributed by atoms with Gasteiger partial charge in [-0.1, -0.05) is 24.3 Å². The molecule has 0 bridgehead atoms. The molecular weight excluding hydrogens is 276 g/mol. The first-order valence-corrected chi connectivity index (χ1v) is 7.47. The van der Waals surface area contributed by atoms with E-state index >= 15 is 0 Å². The Balaban J connectivity index is 1.64. The van der Waals surface area contributed by atoms with Crippen molar-refractivity contribution in [3.63, 3.8) is 0 Å². The highest BCUT2D eigenvalue weighted by atomic mass is 16.5. The van der Waals surface area contributed by atoms with Crippen molar-refractivity contribution in [2.24, 2.45) is 0 Å². The second kappa shape index (κ2) is 6.62. The lowest BCUT2D eigenvalue weighted by Gasteiger charge is -2.18. The van der Waals surface area contributed by atoms with Crippen LogP contribution in [0, 0.1) is 0 Å². The average molecular weight is 296 g/mol. The first-order valence-electron chi connectivity index (χ1n) is 7.47. The Kier molecular flexibility index (Phi) is 4.39. The second-order valence-corrected chi connectivity index (χ2v) is 5.42. The number of benzene rings is 2. The standard InChI is InChI=1S/C18H20N2O2/c1-22-11-10-19-18(21)14-6-8-17(9-7-14)20-12-15-4-2-3-5-16(15)13-20/h2-9H,10-13H2,1H3,(H,19,21). The van der Waals surface area contributed by atoms with Crippen molar-refractivity contribution in [2.45, 2.75) is 13.1 Å². The number of rotatable bonds is 5. The minimum atomic E-state index is -0.0618. The summed E-state index contributed by atoms with van der Waals surface area (Å²) in [5, 5.41) is 2.83. The van der Waals surface area contributed by atoms with E-state index in [2.05, 4.69) is 34.5 Å². The molecule has 0 spiro atoms. The molecule has 0 saturated heterocycles. The van der Waals surface area contributed by atoms with Gasteiger partial charge in [0.05, 0.1) is 6.61 Å². The molecule has 1 aliphatic heterocycles. The normalized spacial score (nSPS) is 13.0. The van der Waals surface area contributed by atoms with Crippen LogP contribution in [0.25, 0.3) is 0 Å². The number of amides is 1. The van der Waals surface area contributed by atoms with E-state index in [0.29, 0.717) is 18.7 Å². The topological polar surface area (TPSA) is 41.6 Å². The van der Waals surface area contributed by atoms with Gasteiger partial charge in [-0.05, 0) is 35.4 Å². The third kappa shape index (κ3) is 3.12. The molecule has 0 saturated carbocycles. The van der Waals surface area contributed by atoms with Crippen LogP contribution in [0.2, 0.25) is 0 Å². The lowest BCUT2D eigenvalue weighted by atomic mass is 10.1. The van der Waals surface area contributed by atoms with Gasteiger partial charge in [-0.3, -0.25) is 4.79 Å². The summed E-state index contributed by atoms with van der Waals surface area (Å²) in [4.78, 5) is 14.3. The fraction of sp³-hybridized carbons (Fsp3) is 0.278. The Morgan fingerprint density at radius 1 is 1.09 bits per heavy atom. The molecule has 0 unspecified atom stereocenters. The number of hydrogen-bond acceptors (Lipinski definition) is 3. The third-order valence-electron chi connectivity index (χ3n) is 3.93. The van der Waals surface area contributed by atoms with Crippen molar-refractivity contribution in [1.29, 1.82) is 0 Å². The summed E-state index contributed by atoms with van der Waals surface area (Å²) in [5.74, 6) is -0.0618. The van der Waals surface area contributed by atoms with E-state index < -0.39 is 0 Å². The van der Waals surface area contributed by atoms with Crippen molar-refractivity contribution in [3.05, 3.63) is 65.2 Å². The number of hydrogen-bond donors (Lipinski definition) is 1. The molecule has 2 aromatic carbocycles. The summed E-state index contributed by atoms with van der Waals surface area (Å²) in [6.45, 7) is 2.90. The minimum Gasteiger partial charge on any atom is -0.383 e. The number of carbonyl (C=O) groups excluding carboxylic acids is 1. The number of carbonyl (C=O) groups is 1. The van der Waals surface area contributed by atoms with Crippen LogP contribution in [0.1, 0.15) is 21.5 Å². The summed E-state index contributed by atoms with van der Waals surface area (Å²) in [5.41, 5.74) is 4.58. The van der Waals surface area contributed by atoms with Crippen LogP contribution in [0.3, 0.4) is 0 Å². The van der Waals surface area contributed by atoms with Crippen molar-refractivity contribution < 1.29 is 9.53 Å². The van der Waals surface area contributed by atoms with Gasteiger partial charge in [0.1, 0.15) is 0 Å². The Morgan fingerprint density at radius 3 is 2.32 bits per heavy atom. The second-order valence-electron chi connectivity index (χ2n) is 5.42. The predicted molar refractivity (Wildman–Crippen MR) is 87.0 cm³/mol. The molecule has 1 amide bonds. The van der Waals surface area contributed by atoms with E-state index in [1.54, 1.807) is 7.11 Å². The number of nitrogens with one attached hydrogen (secondary N) is 1. The van der Waals surface area contributed by atoms with Crippen LogP contribution in [-0.4, -0.2) is 26.2 Å². The molecule has 3 rings (SSSR count). The van der Waals surface area contributed by atoms with Crippen LogP contribution >= 0.6 is 0 Å². The quantitative estimate of drug-likeness (QED) is 0.862. The van der Waals surface area contributed by atoms with E-state index in [9.17, 15) is 4.79 Å². The van der Waals surface area contributed by atoms with Gasteiger partial charge in [-0.15, -0.1) is 0 Å². The van der Waals surface area contributed by atoms with Gasteiger partial charge in [-0.2, -0.15) is 0 Å². The summed E-state index contributed by atoms with van der Waals surface area (Å²) < 4.78 is 4.92. The van der Waals surface area contributed by atoms with Gasteiger partial charge >= 0.3 is 0 Å². The van der Waals surface area contributed by atoms with Crippen LogP contribution in [-0.2, 0) is 17.8 Å². The smallest absolute Gasteiger partial charge is 0.251 e. The molecular formula is C18H20N2O2. The minimum absolute atomic E-state index is 0.0618. The van der Waals surface area contributed by atoms with E-state index in [4.69, 9.17) is 4.74 Å². The maximum absolute atomic E-state index is 12.0. The Labute approximate surface area is 130 Å². The number of ether oxygens (including phenoxy) is 1. The van der Waals surface area contributed by atoms with Gasteiger partial charge in [0.2, 0.25) is 0 Å². The molecule has 22 heavy (non-hydrogen) atoms. The fourth-order valence-corrected chi connectivity index (χ4v) is 2.71. The first-order chi connectivity index (χ1) is 10.8. The highest BCUT2D eigenvalue weighted by molar-refractivity contribution is 5.94. The molecule has 1 heterocycles. The van der Waals surface area contributed by atoms with Gasteiger partial charge in [0.25, 0.3) is 5.91 Å². The Bertz CT molecular complexity index is 627. The summed E-state index contributed by atoms with van der Waals surface area (Å²) in [6, 6.07) is 16.3. The molecule has 1 N–H and O–H groups in total. The van der Waals surface area contributed by atoms with Crippen molar-refractivity contribution in [1.82, 2.24) is 5.32 Å². The van der Waals surface area contributed by atoms with Gasteiger partial charge in [0.15, 0.2) is 0 Å². The Morgan fingerprint density at radius 2 is 1.73 bits per heavy atom. The molecule has 4 heteroatoms. The van der Waals surface area contributed by atoms with Gasteiger partial charge in [0, 0.05) is 38.0 Å². The van der Waals surface area contributed by atoms with Gasteiger partial charge < -0.3 is 15.0 Å². The number of nitrogens with zero attached hydrogens (tertiary/aromatic N) is 1. The summed E-state index contributed by atoms with van der Waals surface area (Å²) >= 11 is 0. The molecule has 114 valence electrons. The molecule has 1 aliphatic rings. The fourth-order valence-electron chi connectivity index (χ4n) is 2.71. The third-order valence-corrected chi connectivity index (χ3v) is 3.93. The first kappa shape index (κ1) is 14.6. The predicted octanol–water partition coefficient (Wildman–Crippen LogP) is 2.58. The lowest BCUT2D eigenvalue weighted by Crippen LogP contribution is -2.26. The molecule has 0 atom stereocenters. The van der Waals surface area contributed by atoms with Crippen molar-refractivity contribution >= 4 is 11.6 Å². The molecule has 0 radical (unpaired) electrons. The van der Waals surface area contributed by atoms with Crippen LogP contribution in [0.15, 0.2) is 48.5 Å². The van der Waals surface area contributed by atoms with Gasteiger partial charge in [-0.25, -0.2) is 0 Å². The molecule has 0 fully saturated rings. The highest BCUT2D eigenvalue weighted by Crippen LogP contribution is 2.28. The average Bonchev–Trinajstić information content (AvgIpc) is 2.99. The largest absolute Gasteiger partial charge is 0.383 e. The highest BCUT2D eigenvalue weighted by Gasteiger charge is 2.18. The summed E-state index contributed by atoms with van der Waals surface area (Å²) in [7, 11) is 1.62. The number of methoxy groups -OCH3 is 1. The number of anilines is 1. The van der Waals surface area contributed by atoms with E-state index in [1.165, 1.54) is 11.1 Å². The van der Waals surface area contributed by atoms with E-state index in [0.717, 1.165) is 18.8 Å². The maximum Gasteiger partial charge on any atom is 0.251 e. The zero-order chi connectivity index (χ0) is 15.4. The molecule has 4 nitrogen and oxygen atoms in total. The van der Waals surface area contributed by atoms with Crippen LogP contribution < -0.4 is 10.2 Å². The lowest BCUT2D eigenvalue weighted by molar-refractivity contribution is 0.0937.